The summed E-state index contributed by atoms with van der Waals surface area (Å²) in [5.74, 6) is 0. The van der Waals surface area contributed by atoms with Crippen molar-refractivity contribution in [3.05, 3.63) is 0 Å². The Kier molecular flexibility index (Phi) is 5.37. The van der Waals surface area contributed by atoms with Gasteiger partial charge in [0.05, 0.1) is 12.7 Å². The van der Waals surface area contributed by atoms with Crippen molar-refractivity contribution < 1.29 is 9.53 Å². The third kappa shape index (κ3) is 4.46. The van der Waals surface area contributed by atoms with Gasteiger partial charge in [-0.3, -0.25) is 0 Å². The highest BCUT2D eigenvalue weighted by atomic mass is 16.5. The van der Waals surface area contributed by atoms with Gasteiger partial charge in [0.15, 0.2) is 0 Å². The second kappa shape index (κ2) is 6.65. The summed E-state index contributed by atoms with van der Waals surface area (Å²) in [6.45, 7) is 3.79. The summed E-state index contributed by atoms with van der Waals surface area (Å²) in [7, 11) is 0. The van der Waals surface area contributed by atoms with Crippen molar-refractivity contribution in [2.45, 2.75) is 38.7 Å². The van der Waals surface area contributed by atoms with Gasteiger partial charge in [-0.1, -0.05) is 12.8 Å². The van der Waals surface area contributed by atoms with E-state index in [2.05, 4.69) is 10.6 Å². The van der Waals surface area contributed by atoms with Crippen LogP contribution in [0, 0.1) is 0 Å². The minimum absolute atomic E-state index is 0.109. The Hall–Kier alpha value is -0.770. The van der Waals surface area contributed by atoms with E-state index in [-0.39, 0.29) is 6.03 Å². The molecule has 82 valence electrons. The van der Waals surface area contributed by atoms with Gasteiger partial charge in [-0.2, -0.15) is 0 Å². The molecular weight excluding hydrogens is 180 g/mol. The van der Waals surface area contributed by atoms with Gasteiger partial charge in [0.2, 0.25) is 0 Å². The molecule has 0 saturated heterocycles. The molecule has 0 aromatic heterocycles. The number of urea groups is 1. The highest BCUT2D eigenvalue weighted by Crippen LogP contribution is 2.20. The van der Waals surface area contributed by atoms with Crippen molar-refractivity contribution >= 4 is 6.03 Å². The molecule has 0 heterocycles. The zero-order valence-corrected chi connectivity index (χ0v) is 8.84. The van der Waals surface area contributed by atoms with Gasteiger partial charge in [0.1, 0.15) is 0 Å². The Balaban J connectivity index is 1.90. The zero-order chi connectivity index (χ0) is 10.2. The van der Waals surface area contributed by atoms with E-state index in [1.54, 1.807) is 0 Å². The van der Waals surface area contributed by atoms with E-state index in [0.717, 1.165) is 0 Å². The number of hydrogen-bond acceptors (Lipinski definition) is 2. The summed E-state index contributed by atoms with van der Waals surface area (Å²) < 4.78 is 5.59. The molecule has 2 amide bonds. The predicted molar refractivity (Wildman–Crippen MR) is 55.3 cm³/mol. The van der Waals surface area contributed by atoms with E-state index in [0.29, 0.717) is 25.8 Å². The molecule has 4 heteroatoms. The highest BCUT2D eigenvalue weighted by Gasteiger charge is 2.14. The van der Waals surface area contributed by atoms with Crippen LogP contribution in [-0.2, 0) is 4.74 Å². The summed E-state index contributed by atoms with van der Waals surface area (Å²) in [6.07, 6.45) is 5.37. The van der Waals surface area contributed by atoms with Crippen LogP contribution in [0.15, 0.2) is 0 Å². The molecule has 1 rings (SSSR count). The maximum atomic E-state index is 11.0. The molecule has 0 unspecified atom stereocenters. The SMILES string of the molecule is CCNC(=O)NCCOC1CCCC1. The van der Waals surface area contributed by atoms with Crippen molar-refractivity contribution in [2.75, 3.05) is 19.7 Å². The van der Waals surface area contributed by atoms with Crippen LogP contribution in [-0.4, -0.2) is 31.8 Å². The monoisotopic (exact) mass is 200 g/mol. The molecule has 0 bridgehead atoms. The van der Waals surface area contributed by atoms with Crippen LogP contribution in [0.2, 0.25) is 0 Å². The van der Waals surface area contributed by atoms with Crippen molar-refractivity contribution in [3.63, 3.8) is 0 Å². The number of amides is 2. The van der Waals surface area contributed by atoms with Crippen LogP contribution in [0.5, 0.6) is 0 Å². The lowest BCUT2D eigenvalue weighted by molar-refractivity contribution is 0.0613. The summed E-state index contributed by atoms with van der Waals surface area (Å²) in [6, 6.07) is -0.109. The van der Waals surface area contributed by atoms with Crippen LogP contribution >= 0.6 is 0 Å². The van der Waals surface area contributed by atoms with Crippen LogP contribution in [0.1, 0.15) is 32.6 Å². The fourth-order valence-corrected chi connectivity index (χ4v) is 1.67. The van der Waals surface area contributed by atoms with E-state index in [4.69, 9.17) is 4.74 Å². The Morgan fingerprint density at radius 3 is 2.71 bits per heavy atom. The van der Waals surface area contributed by atoms with E-state index >= 15 is 0 Å². The molecule has 0 atom stereocenters. The molecule has 1 fully saturated rings. The molecule has 14 heavy (non-hydrogen) atoms. The third-order valence-electron chi connectivity index (χ3n) is 2.38. The van der Waals surface area contributed by atoms with E-state index in [1.165, 1.54) is 25.7 Å². The Morgan fingerprint density at radius 1 is 1.36 bits per heavy atom. The van der Waals surface area contributed by atoms with Gasteiger partial charge in [-0.05, 0) is 19.8 Å². The van der Waals surface area contributed by atoms with E-state index in [1.807, 2.05) is 6.92 Å². The molecule has 1 aliphatic rings. The number of carbonyl (C=O) groups is 1. The van der Waals surface area contributed by atoms with Crippen molar-refractivity contribution in [1.82, 2.24) is 10.6 Å². The molecule has 0 aromatic carbocycles. The van der Waals surface area contributed by atoms with Crippen LogP contribution < -0.4 is 10.6 Å². The maximum absolute atomic E-state index is 11.0. The fraction of sp³-hybridized carbons (Fsp3) is 0.900. The zero-order valence-electron chi connectivity index (χ0n) is 8.84. The van der Waals surface area contributed by atoms with Gasteiger partial charge in [-0.15, -0.1) is 0 Å². The molecule has 2 N–H and O–H groups in total. The summed E-state index contributed by atoms with van der Waals surface area (Å²) in [5, 5.41) is 5.40. The lowest BCUT2D eigenvalue weighted by Crippen LogP contribution is -2.37. The quantitative estimate of drug-likeness (QED) is 0.656. The summed E-state index contributed by atoms with van der Waals surface area (Å²) >= 11 is 0. The molecule has 0 aliphatic heterocycles. The molecule has 1 aliphatic carbocycles. The van der Waals surface area contributed by atoms with E-state index < -0.39 is 0 Å². The normalized spacial score (nSPS) is 16.9. The lowest BCUT2D eigenvalue weighted by Gasteiger charge is -2.11. The Bertz CT molecular complexity index is 168. The molecule has 4 nitrogen and oxygen atoms in total. The largest absolute Gasteiger partial charge is 0.376 e. The first kappa shape index (κ1) is 11.3. The van der Waals surface area contributed by atoms with Gasteiger partial charge in [0.25, 0.3) is 0 Å². The number of rotatable bonds is 5. The first-order valence-corrected chi connectivity index (χ1v) is 5.46. The van der Waals surface area contributed by atoms with Crippen LogP contribution in [0.4, 0.5) is 4.79 Å². The predicted octanol–water partition coefficient (Wildman–Crippen LogP) is 1.26. The first-order chi connectivity index (χ1) is 6.83. The average molecular weight is 200 g/mol. The van der Waals surface area contributed by atoms with E-state index in [9.17, 15) is 4.79 Å². The maximum Gasteiger partial charge on any atom is 0.314 e. The lowest BCUT2D eigenvalue weighted by atomic mass is 10.3. The first-order valence-electron chi connectivity index (χ1n) is 5.46. The van der Waals surface area contributed by atoms with Gasteiger partial charge in [0, 0.05) is 13.1 Å². The van der Waals surface area contributed by atoms with Gasteiger partial charge in [-0.25, -0.2) is 4.79 Å². The highest BCUT2D eigenvalue weighted by molar-refractivity contribution is 5.73. The molecular formula is C10H20N2O2. The molecule has 0 aromatic rings. The smallest absolute Gasteiger partial charge is 0.314 e. The average Bonchev–Trinajstić information content (AvgIpc) is 2.65. The number of carbonyl (C=O) groups excluding carboxylic acids is 1. The molecule has 1 saturated carbocycles. The minimum Gasteiger partial charge on any atom is -0.376 e. The minimum atomic E-state index is -0.109. The number of hydrogen-bond donors (Lipinski definition) is 2. The van der Waals surface area contributed by atoms with Crippen molar-refractivity contribution in [2.24, 2.45) is 0 Å². The number of nitrogens with one attached hydrogen (secondary N) is 2. The Labute approximate surface area is 85.4 Å². The van der Waals surface area contributed by atoms with Crippen molar-refractivity contribution in [1.29, 1.82) is 0 Å². The van der Waals surface area contributed by atoms with Crippen LogP contribution in [0.3, 0.4) is 0 Å². The fourth-order valence-electron chi connectivity index (χ4n) is 1.67. The van der Waals surface area contributed by atoms with Crippen LogP contribution in [0.25, 0.3) is 0 Å². The summed E-state index contributed by atoms with van der Waals surface area (Å²) in [4.78, 5) is 11.0. The van der Waals surface area contributed by atoms with Crippen molar-refractivity contribution in [3.8, 4) is 0 Å². The topological polar surface area (TPSA) is 50.4 Å². The standard InChI is InChI=1S/C10H20N2O2/c1-2-11-10(13)12-7-8-14-9-5-3-4-6-9/h9H,2-8H2,1H3,(H2,11,12,13). The van der Waals surface area contributed by atoms with Gasteiger partial charge < -0.3 is 15.4 Å². The Morgan fingerprint density at radius 2 is 2.07 bits per heavy atom. The van der Waals surface area contributed by atoms with Gasteiger partial charge >= 0.3 is 6.03 Å². The second-order valence-corrected chi connectivity index (χ2v) is 3.56. The summed E-state index contributed by atoms with van der Waals surface area (Å²) in [5.41, 5.74) is 0. The molecule has 0 spiro atoms. The molecule has 0 radical (unpaired) electrons. The third-order valence-corrected chi connectivity index (χ3v) is 2.38. The number of ether oxygens (including phenoxy) is 1. The second-order valence-electron chi connectivity index (χ2n) is 3.56.